The van der Waals surface area contributed by atoms with Crippen molar-refractivity contribution in [1.82, 2.24) is 9.71 Å². The summed E-state index contributed by atoms with van der Waals surface area (Å²) in [6.07, 6.45) is 3.16. The van der Waals surface area contributed by atoms with Crippen molar-refractivity contribution < 1.29 is 18.0 Å². The number of aromatic nitrogens is 1. The number of carbonyl (C=O) groups excluding carboxylic acids is 2. The van der Waals surface area contributed by atoms with Crippen LogP contribution in [0.3, 0.4) is 0 Å². The first kappa shape index (κ1) is 24.1. The van der Waals surface area contributed by atoms with Crippen LogP contribution in [0.2, 0.25) is 0 Å². The predicted molar refractivity (Wildman–Crippen MR) is 135 cm³/mol. The van der Waals surface area contributed by atoms with Crippen molar-refractivity contribution in [3.05, 3.63) is 103 Å². The standard InChI is InChI=1S/C27H25N3O4S/c1-2-30(23-10-4-3-5-11-23)27(32)25(18-20-14-16-28-17-15-20)26(31)29-35(33,34)24-13-12-21-8-6-7-9-22(21)19-24/h3-17,19,25H,2,18H2,1H3,(H,29,31). The highest BCUT2D eigenvalue weighted by molar-refractivity contribution is 7.90. The minimum atomic E-state index is -4.20. The lowest BCUT2D eigenvalue weighted by atomic mass is 9.97. The maximum Gasteiger partial charge on any atom is 0.264 e. The summed E-state index contributed by atoms with van der Waals surface area (Å²) < 4.78 is 28.4. The highest BCUT2D eigenvalue weighted by Crippen LogP contribution is 2.22. The number of fused-ring (bicyclic) bond motifs is 1. The summed E-state index contributed by atoms with van der Waals surface area (Å²) in [4.78, 5) is 32.3. The highest BCUT2D eigenvalue weighted by atomic mass is 32.2. The van der Waals surface area contributed by atoms with E-state index in [1.807, 2.05) is 24.3 Å². The number of anilines is 1. The van der Waals surface area contributed by atoms with Crippen molar-refractivity contribution in [3.63, 3.8) is 0 Å². The van der Waals surface area contributed by atoms with Gasteiger partial charge in [-0.1, -0.05) is 48.5 Å². The van der Waals surface area contributed by atoms with Gasteiger partial charge in [-0.2, -0.15) is 0 Å². The van der Waals surface area contributed by atoms with Gasteiger partial charge < -0.3 is 4.90 Å². The Morgan fingerprint density at radius 2 is 1.54 bits per heavy atom. The van der Waals surface area contributed by atoms with Gasteiger partial charge in [0, 0.05) is 24.6 Å². The maximum absolute atomic E-state index is 13.6. The Labute approximate surface area is 204 Å². The maximum atomic E-state index is 13.6. The van der Waals surface area contributed by atoms with Crippen LogP contribution in [-0.2, 0) is 26.0 Å². The van der Waals surface area contributed by atoms with Crippen molar-refractivity contribution >= 4 is 38.3 Å². The molecule has 178 valence electrons. The van der Waals surface area contributed by atoms with Gasteiger partial charge in [-0.15, -0.1) is 0 Å². The fourth-order valence-electron chi connectivity index (χ4n) is 3.91. The van der Waals surface area contributed by atoms with Gasteiger partial charge >= 0.3 is 0 Å². The van der Waals surface area contributed by atoms with Crippen molar-refractivity contribution in [3.8, 4) is 0 Å². The summed E-state index contributed by atoms with van der Waals surface area (Å²) in [5, 5.41) is 1.61. The number of hydrogen-bond donors (Lipinski definition) is 1. The number of sulfonamides is 1. The smallest absolute Gasteiger partial charge is 0.264 e. The molecule has 0 aliphatic carbocycles. The van der Waals surface area contributed by atoms with Crippen molar-refractivity contribution in [2.24, 2.45) is 5.92 Å². The van der Waals surface area contributed by atoms with Crippen LogP contribution in [0.1, 0.15) is 12.5 Å². The minimum absolute atomic E-state index is 0.0315. The number of nitrogens with zero attached hydrogens (tertiary/aromatic N) is 2. The molecule has 1 N–H and O–H groups in total. The van der Waals surface area contributed by atoms with E-state index in [0.29, 0.717) is 17.8 Å². The Morgan fingerprint density at radius 1 is 0.886 bits per heavy atom. The number of nitrogens with one attached hydrogen (secondary N) is 1. The highest BCUT2D eigenvalue weighted by Gasteiger charge is 2.34. The Kier molecular flexibility index (Phi) is 7.22. The van der Waals surface area contributed by atoms with E-state index in [1.165, 1.54) is 17.0 Å². The van der Waals surface area contributed by atoms with Crippen molar-refractivity contribution in [2.45, 2.75) is 18.2 Å². The van der Waals surface area contributed by atoms with E-state index in [0.717, 1.165) is 10.8 Å². The van der Waals surface area contributed by atoms with E-state index < -0.39 is 27.8 Å². The number of pyridine rings is 1. The molecule has 0 bridgehead atoms. The third-order valence-electron chi connectivity index (χ3n) is 5.72. The van der Waals surface area contributed by atoms with Crippen LogP contribution < -0.4 is 9.62 Å². The first-order valence-electron chi connectivity index (χ1n) is 11.2. The topological polar surface area (TPSA) is 96.4 Å². The summed E-state index contributed by atoms with van der Waals surface area (Å²) in [7, 11) is -4.20. The minimum Gasteiger partial charge on any atom is -0.312 e. The molecule has 1 unspecified atom stereocenters. The van der Waals surface area contributed by atoms with Crippen LogP contribution in [0, 0.1) is 5.92 Å². The number of hydrogen-bond acceptors (Lipinski definition) is 5. The van der Waals surface area contributed by atoms with E-state index in [-0.39, 0.29) is 11.3 Å². The van der Waals surface area contributed by atoms with Crippen LogP contribution in [0.25, 0.3) is 10.8 Å². The number of amides is 2. The second kappa shape index (κ2) is 10.5. The Bertz CT molecular complexity index is 1440. The molecule has 1 heterocycles. The molecule has 0 saturated carbocycles. The third-order valence-corrected chi connectivity index (χ3v) is 7.06. The van der Waals surface area contributed by atoms with Crippen molar-refractivity contribution in [1.29, 1.82) is 0 Å². The van der Waals surface area contributed by atoms with Gasteiger partial charge in [-0.05, 0) is 66.1 Å². The zero-order valence-corrected chi connectivity index (χ0v) is 20.0. The largest absolute Gasteiger partial charge is 0.312 e. The summed E-state index contributed by atoms with van der Waals surface area (Å²) in [6, 6.07) is 24.3. The van der Waals surface area contributed by atoms with E-state index in [1.54, 1.807) is 67.8 Å². The zero-order chi connectivity index (χ0) is 24.8. The summed E-state index contributed by atoms with van der Waals surface area (Å²) in [5.74, 6) is -2.62. The van der Waals surface area contributed by atoms with Gasteiger partial charge in [0.15, 0.2) is 0 Å². The SMILES string of the molecule is CCN(C(=O)C(Cc1ccncc1)C(=O)NS(=O)(=O)c1ccc2ccccc2c1)c1ccccc1. The molecular weight excluding hydrogens is 462 g/mol. The molecule has 35 heavy (non-hydrogen) atoms. The quantitative estimate of drug-likeness (QED) is 0.380. The second-order valence-corrected chi connectivity index (χ2v) is 9.69. The monoisotopic (exact) mass is 487 g/mol. The van der Waals surface area contributed by atoms with Crippen LogP contribution in [-0.4, -0.2) is 31.8 Å². The van der Waals surface area contributed by atoms with Crippen LogP contribution in [0.15, 0.2) is 102 Å². The molecule has 0 fully saturated rings. The summed E-state index contributed by atoms with van der Waals surface area (Å²) in [5.41, 5.74) is 1.32. The summed E-state index contributed by atoms with van der Waals surface area (Å²) in [6.45, 7) is 2.12. The molecule has 0 aliphatic rings. The van der Waals surface area contributed by atoms with Crippen LogP contribution in [0.4, 0.5) is 5.69 Å². The molecule has 8 heteroatoms. The van der Waals surface area contributed by atoms with Crippen LogP contribution in [0.5, 0.6) is 0 Å². The summed E-state index contributed by atoms with van der Waals surface area (Å²) >= 11 is 0. The second-order valence-electron chi connectivity index (χ2n) is 8.01. The fourth-order valence-corrected chi connectivity index (χ4v) is 4.96. The normalized spacial score (nSPS) is 12.1. The lowest BCUT2D eigenvalue weighted by Gasteiger charge is -2.26. The molecule has 0 aliphatic heterocycles. The van der Waals surface area contributed by atoms with E-state index in [9.17, 15) is 18.0 Å². The Morgan fingerprint density at radius 3 is 2.23 bits per heavy atom. The molecule has 4 rings (SSSR count). The number of carbonyl (C=O) groups is 2. The van der Waals surface area contributed by atoms with Gasteiger partial charge in [0.2, 0.25) is 11.8 Å². The van der Waals surface area contributed by atoms with Gasteiger partial charge in [-0.25, -0.2) is 13.1 Å². The molecule has 4 aromatic rings. The Hall–Kier alpha value is -4.04. The van der Waals surface area contributed by atoms with Crippen LogP contribution >= 0.6 is 0 Å². The third kappa shape index (κ3) is 5.55. The predicted octanol–water partition coefficient (Wildman–Crippen LogP) is 3.95. The number of benzene rings is 3. The first-order valence-corrected chi connectivity index (χ1v) is 12.7. The lowest BCUT2D eigenvalue weighted by molar-refractivity contribution is -0.132. The molecule has 7 nitrogen and oxygen atoms in total. The van der Waals surface area contributed by atoms with Crippen molar-refractivity contribution in [2.75, 3.05) is 11.4 Å². The average molecular weight is 488 g/mol. The Balaban J connectivity index is 1.65. The molecule has 1 aromatic heterocycles. The molecule has 0 radical (unpaired) electrons. The molecule has 1 atom stereocenters. The molecule has 2 amide bonds. The molecule has 3 aromatic carbocycles. The molecular formula is C27H25N3O4S. The first-order chi connectivity index (χ1) is 16.9. The van der Waals surface area contributed by atoms with E-state index in [2.05, 4.69) is 9.71 Å². The molecule has 0 spiro atoms. The van der Waals surface area contributed by atoms with E-state index in [4.69, 9.17) is 0 Å². The fraction of sp³-hybridized carbons (Fsp3) is 0.148. The van der Waals surface area contributed by atoms with Gasteiger partial charge in [0.1, 0.15) is 5.92 Å². The zero-order valence-electron chi connectivity index (χ0n) is 19.2. The average Bonchev–Trinajstić information content (AvgIpc) is 2.88. The van der Waals surface area contributed by atoms with Gasteiger partial charge in [0.05, 0.1) is 4.90 Å². The lowest BCUT2D eigenvalue weighted by Crippen LogP contribution is -2.46. The molecule has 0 saturated heterocycles. The van der Waals surface area contributed by atoms with Gasteiger partial charge in [0.25, 0.3) is 10.0 Å². The van der Waals surface area contributed by atoms with Gasteiger partial charge in [-0.3, -0.25) is 14.6 Å². The number of para-hydroxylation sites is 1. The van der Waals surface area contributed by atoms with E-state index >= 15 is 0 Å². The number of rotatable bonds is 8.